The van der Waals surface area contributed by atoms with Crippen LogP contribution in [-0.4, -0.2) is 24.8 Å². The summed E-state index contributed by atoms with van der Waals surface area (Å²) in [6.45, 7) is 0.483. The number of nitrogens with zero attached hydrogens (tertiary/aromatic N) is 6. The van der Waals surface area contributed by atoms with E-state index in [0.29, 0.717) is 6.54 Å². The van der Waals surface area contributed by atoms with Crippen LogP contribution in [0.4, 0.5) is 11.4 Å². The Morgan fingerprint density at radius 2 is 1.82 bits per heavy atom. The van der Waals surface area contributed by atoms with E-state index in [-0.39, 0.29) is 5.69 Å². The van der Waals surface area contributed by atoms with Crippen molar-refractivity contribution >= 4 is 11.4 Å². The number of pyridine rings is 1. The van der Waals surface area contributed by atoms with E-state index in [1.165, 1.54) is 12.1 Å². The molecule has 8 heteroatoms. The van der Waals surface area contributed by atoms with Crippen LogP contribution in [-0.2, 0) is 6.54 Å². The van der Waals surface area contributed by atoms with Crippen LogP contribution in [0.2, 0.25) is 0 Å². The molecular formula is C14H12N6O2. The minimum atomic E-state index is -0.425. The number of rotatable bonds is 5. The summed E-state index contributed by atoms with van der Waals surface area (Å²) in [5.41, 5.74) is 1.68. The van der Waals surface area contributed by atoms with Crippen molar-refractivity contribution in [2.24, 2.45) is 0 Å². The van der Waals surface area contributed by atoms with Gasteiger partial charge < -0.3 is 0 Å². The number of anilines is 1. The van der Waals surface area contributed by atoms with Gasteiger partial charge in [0.15, 0.2) is 0 Å². The van der Waals surface area contributed by atoms with Gasteiger partial charge in [-0.15, -0.1) is 10.2 Å². The van der Waals surface area contributed by atoms with Crippen molar-refractivity contribution in [3.8, 4) is 0 Å². The summed E-state index contributed by atoms with van der Waals surface area (Å²) in [6, 6.07) is 11.9. The second kappa shape index (κ2) is 6.00. The van der Waals surface area contributed by atoms with Crippen molar-refractivity contribution < 1.29 is 4.92 Å². The average molecular weight is 296 g/mol. The molecule has 0 unspecified atom stereocenters. The van der Waals surface area contributed by atoms with E-state index < -0.39 is 4.92 Å². The third-order valence-corrected chi connectivity index (χ3v) is 3.08. The van der Waals surface area contributed by atoms with E-state index in [2.05, 4.69) is 15.2 Å². The Morgan fingerprint density at radius 1 is 1.09 bits per heavy atom. The molecule has 0 aliphatic rings. The molecule has 3 rings (SSSR count). The zero-order valence-corrected chi connectivity index (χ0v) is 11.5. The number of aromatic nitrogens is 4. The van der Waals surface area contributed by atoms with Crippen LogP contribution in [0.3, 0.4) is 0 Å². The highest BCUT2D eigenvalue weighted by molar-refractivity contribution is 5.50. The molecule has 0 fully saturated rings. The lowest BCUT2D eigenvalue weighted by Crippen LogP contribution is -2.28. The van der Waals surface area contributed by atoms with Gasteiger partial charge in [-0.1, -0.05) is 6.07 Å². The quantitative estimate of drug-likeness (QED) is 0.528. The van der Waals surface area contributed by atoms with E-state index in [4.69, 9.17) is 0 Å². The smallest absolute Gasteiger partial charge is 0.269 e. The van der Waals surface area contributed by atoms with Crippen LogP contribution in [0.15, 0.2) is 61.3 Å². The van der Waals surface area contributed by atoms with Gasteiger partial charge in [0.05, 0.1) is 22.8 Å². The monoisotopic (exact) mass is 296 g/mol. The summed E-state index contributed by atoms with van der Waals surface area (Å²) in [5, 5.41) is 20.2. The van der Waals surface area contributed by atoms with Crippen LogP contribution >= 0.6 is 0 Å². The molecule has 0 bridgehead atoms. The molecule has 0 saturated carbocycles. The lowest BCUT2D eigenvalue weighted by molar-refractivity contribution is -0.384. The predicted octanol–water partition coefficient (Wildman–Crippen LogP) is 2.05. The predicted molar refractivity (Wildman–Crippen MR) is 78.9 cm³/mol. The lowest BCUT2D eigenvalue weighted by Gasteiger charge is -2.24. The third kappa shape index (κ3) is 2.90. The number of hydrogen-bond donors (Lipinski definition) is 0. The van der Waals surface area contributed by atoms with Crippen molar-refractivity contribution in [3.05, 3.63) is 77.1 Å². The highest BCUT2D eigenvalue weighted by atomic mass is 16.6. The molecule has 1 aromatic carbocycles. The molecule has 3 aromatic rings. The van der Waals surface area contributed by atoms with E-state index in [1.54, 1.807) is 35.7 Å². The summed E-state index contributed by atoms with van der Waals surface area (Å²) in [4.78, 5) is 14.6. The highest BCUT2D eigenvalue weighted by Gasteiger charge is 2.12. The Labute approximate surface area is 125 Å². The third-order valence-electron chi connectivity index (χ3n) is 3.08. The fourth-order valence-corrected chi connectivity index (χ4v) is 2.02. The van der Waals surface area contributed by atoms with Gasteiger partial charge in [0.1, 0.15) is 12.7 Å². The Kier molecular flexibility index (Phi) is 3.73. The van der Waals surface area contributed by atoms with Gasteiger partial charge in [-0.3, -0.25) is 20.1 Å². The molecule has 0 amide bonds. The second-order valence-corrected chi connectivity index (χ2v) is 4.49. The van der Waals surface area contributed by atoms with Gasteiger partial charge in [0.25, 0.3) is 5.69 Å². The SMILES string of the molecule is O=[N+]([O-])c1ccc(N(Cc2ccccn2)n2cnnc2)cc1. The van der Waals surface area contributed by atoms with Crippen LogP contribution in [0, 0.1) is 10.1 Å². The van der Waals surface area contributed by atoms with E-state index in [0.717, 1.165) is 11.4 Å². The van der Waals surface area contributed by atoms with Crippen molar-refractivity contribution in [2.75, 3.05) is 5.01 Å². The number of nitro groups is 1. The maximum atomic E-state index is 10.8. The standard InChI is InChI=1S/C14H12N6O2/c21-20(22)14-6-4-13(5-7-14)19(18-10-16-17-11-18)9-12-3-1-2-8-15-12/h1-8,10-11H,9H2. The maximum Gasteiger partial charge on any atom is 0.269 e. The normalized spacial score (nSPS) is 10.4. The Morgan fingerprint density at radius 3 is 2.41 bits per heavy atom. The van der Waals surface area contributed by atoms with Crippen molar-refractivity contribution in [1.82, 2.24) is 19.9 Å². The molecule has 110 valence electrons. The second-order valence-electron chi connectivity index (χ2n) is 4.49. The van der Waals surface area contributed by atoms with E-state index in [9.17, 15) is 10.1 Å². The first-order valence-electron chi connectivity index (χ1n) is 6.51. The van der Waals surface area contributed by atoms with E-state index >= 15 is 0 Å². The molecule has 8 nitrogen and oxygen atoms in total. The summed E-state index contributed by atoms with van der Waals surface area (Å²) in [6.07, 6.45) is 4.84. The topological polar surface area (TPSA) is 90.0 Å². The number of non-ortho nitro benzene ring substituents is 1. The molecule has 0 atom stereocenters. The van der Waals surface area contributed by atoms with Gasteiger partial charge in [-0.2, -0.15) is 0 Å². The largest absolute Gasteiger partial charge is 0.273 e. The van der Waals surface area contributed by atoms with Gasteiger partial charge >= 0.3 is 0 Å². The Bertz CT molecular complexity index is 743. The van der Waals surface area contributed by atoms with Gasteiger partial charge in [-0.05, 0) is 24.3 Å². The molecular weight excluding hydrogens is 284 g/mol. The number of nitro benzene ring substituents is 1. The molecule has 22 heavy (non-hydrogen) atoms. The molecule has 0 radical (unpaired) electrons. The van der Waals surface area contributed by atoms with Gasteiger partial charge in [0, 0.05) is 18.3 Å². The molecule has 0 aliphatic heterocycles. The summed E-state index contributed by atoms with van der Waals surface area (Å²) in [5.74, 6) is 0. The van der Waals surface area contributed by atoms with Gasteiger partial charge in [0.2, 0.25) is 0 Å². The highest BCUT2D eigenvalue weighted by Crippen LogP contribution is 2.21. The number of hydrogen-bond acceptors (Lipinski definition) is 6. The van der Waals surface area contributed by atoms with Gasteiger partial charge in [-0.25, -0.2) is 4.68 Å². The van der Waals surface area contributed by atoms with E-state index in [1.807, 2.05) is 23.2 Å². The summed E-state index contributed by atoms with van der Waals surface area (Å²) >= 11 is 0. The Hall–Kier alpha value is -3.29. The number of benzene rings is 1. The molecule has 2 aromatic heterocycles. The summed E-state index contributed by atoms with van der Waals surface area (Å²) < 4.78 is 1.70. The zero-order valence-electron chi connectivity index (χ0n) is 11.5. The average Bonchev–Trinajstić information content (AvgIpc) is 3.08. The van der Waals surface area contributed by atoms with Crippen LogP contribution in [0.25, 0.3) is 0 Å². The first kappa shape index (κ1) is 13.7. The molecule has 0 aliphatic carbocycles. The Balaban J connectivity index is 1.93. The molecule has 2 heterocycles. The molecule has 0 saturated heterocycles. The van der Waals surface area contributed by atoms with Crippen molar-refractivity contribution in [3.63, 3.8) is 0 Å². The minimum Gasteiger partial charge on any atom is -0.273 e. The fourth-order valence-electron chi connectivity index (χ4n) is 2.02. The summed E-state index contributed by atoms with van der Waals surface area (Å²) in [7, 11) is 0. The minimum absolute atomic E-state index is 0.0466. The lowest BCUT2D eigenvalue weighted by atomic mass is 10.2. The molecule has 0 spiro atoms. The first-order chi connectivity index (χ1) is 10.7. The first-order valence-corrected chi connectivity index (χ1v) is 6.51. The van der Waals surface area contributed by atoms with Crippen molar-refractivity contribution in [1.29, 1.82) is 0 Å². The molecule has 0 N–H and O–H groups in total. The zero-order chi connectivity index (χ0) is 15.4. The van der Waals surface area contributed by atoms with Crippen LogP contribution in [0.5, 0.6) is 0 Å². The van der Waals surface area contributed by atoms with Crippen molar-refractivity contribution in [2.45, 2.75) is 6.54 Å². The van der Waals surface area contributed by atoms with Crippen LogP contribution in [0.1, 0.15) is 5.69 Å². The maximum absolute atomic E-state index is 10.8. The fraction of sp³-hybridized carbons (Fsp3) is 0.0714. The van der Waals surface area contributed by atoms with Crippen LogP contribution < -0.4 is 5.01 Å².